The number of hydrogen-bond acceptors (Lipinski definition) is 7. The molecule has 7 nitrogen and oxygen atoms in total. The molecule has 6 rings (SSSR count). The number of aliphatic hydroxyl groups is 2. The average Bonchev–Trinajstić information content (AvgIpc) is 3.77. The van der Waals surface area contributed by atoms with E-state index in [4.69, 9.17) is 23.7 Å². The Hall–Kier alpha value is -2.10. The molecule has 2 N–H and O–H groups in total. The van der Waals surface area contributed by atoms with Crippen LogP contribution in [-0.2, 0) is 36.9 Å². The number of ether oxygens (including phenoxy) is 5. The molecule has 7 heteroatoms. The predicted molar refractivity (Wildman–Crippen MR) is 172 cm³/mol. The third-order valence-electron chi connectivity index (χ3n) is 10.4. The summed E-state index contributed by atoms with van der Waals surface area (Å²) in [7, 11) is 0. The van der Waals surface area contributed by atoms with E-state index in [1.165, 1.54) is 38.5 Å². The fourth-order valence-electron chi connectivity index (χ4n) is 7.83. The minimum absolute atomic E-state index is 0.102. The largest absolute Gasteiger partial charge is 0.390 e. The lowest BCUT2D eigenvalue weighted by Crippen LogP contribution is -2.37. The van der Waals surface area contributed by atoms with E-state index in [2.05, 4.69) is 30.8 Å². The Morgan fingerprint density at radius 1 is 0.800 bits per heavy atom. The van der Waals surface area contributed by atoms with E-state index in [1.54, 1.807) is 0 Å². The van der Waals surface area contributed by atoms with Gasteiger partial charge in [0.05, 0.1) is 50.0 Å². The van der Waals surface area contributed by atoms with Gasteiger partial charge >= 0.3 is 0 Å². The molecule has 10 atom stereocenters. The summed E-state index contributed by atoms with van der Waals surface area (Å²) in [5.41, 5.74) is 2.22. The molecular weight excluding hydrogens is 568 g/mol. The minimum Gasteiger partial charge on any atom is -0.390 e. The summed E-state index contributed by atoms with van der Waals surface area (Å²) in [4.78, 5) is 0. The monoisotopic (exact) mass is 620 g/mol. The Morgan fingerprint density at radius 2 is 1.44 bits per heavy atom. The molecule has 4 fully saturated rings. The molecule has 2 aliphatic carbocycles. The molecule has 0 radical (unpaired) electrons. The lowest BCUT2D eigenvalue weighted by molar-refractivity contribution is -0.219. The van der Waals surface area contributed by atoms with Crippen LogP contribution in [0.3, 0.4) is 0 Å². The Morgan fingerprint density at radius 3 is 2.07 bits per heavy atom. The van der Waals surface area contributed by atoms with Crippen LogP contribution in [0.1, 0.15) is 82.3 Å². The number of aliphatic hydroxyl groups excluding tert-OH is 1. The summed E-state index contributed by atoms with van der Waals surface area (Å²) in [6.45, 7) is 6.96. The molecule has 2 aromatic rings. The van der Waals surface area contributed by atoms with Crippen molar-refractivity contribution in [2.45, 2.75) is 126 Å². The van der Waals surface area contributed by atoms with Gasteiger partial charge in [0.1, 0.15) is 12.2 Å². The van der Waals surface area contributed by atoms with Crippen molar-refractivity contribution in [1.29, 1.82) is 0 Å². The van der Waals surface area contributed by atoms with Crippen molar-refractivity contribution in [2.75, 3.05) is 6.61 Å². The van der Waals surface area contributed by atoms with Gasteiger partial charge in [-0.05, 0) is 36.8 Å². The van der Waals surface area contributed by atoms with Crippen molar-refractivity contribution in [2.24, 2.45) is 17.8 Å². The summed E-state index contributed by atoms with van der Waals surface area (Å²) in [6, 6.07) is 20.5. The first-order chi connectivity index (χ1) is 22.0. The standard InChI is InChI=1S/C38H52O7/c1-3-5-6-7-8-9-10-11-18-23-29-32-35(41-24-27-19-14-12-15-20-27)31(45-38(29,32)43-25-28-21-16-13-17-22-28)26-42-36-33-34(39)30(4-2)44-37(33,36)40/h3,12-17,19-22,29-36,39-40H,1,4-11,18,23-26H2,2H3. The highest BCUT2D eigenvalue weighted by Gasteiger charge is 2.78. The Kier molecular flexibility index (Phi) is 10.8. The highest BCUT2D eigenvalue weighted by Crippen LogP contribution is 2.65. The number of unbranched alkanes of at least 4 members (excludes halogenated alkanes) is 7. The number of fused-ring (bicyclic) bond motifs is 2. The zero-order valence-corrected chi connectivity index (χ0v) is 26.8. The van der Waals surface area contributed by atoms with Gasteiger partial charge in [0.25, 0.3) is 0 Å². The van der Waals surface area contributed by atoms with Crippen molar-refractivity contribution < 1.29 is 33.9 Å². The maximum atomic E-state index is 11.0. The lowest BCUT2D eigenvalue weighted by atomic mass is 10.0. The predicted octanol–water partition coefficient (Wildman–Crippen LogP) is 6.70. The van der Waals surface area contributed by atoms with Gasteiger partial charge in [-0.3, -0.25) is 0 Å². The average molecular weight is 621 g/mol. The Bertz CT molecular complexity index is 1210. The number of hydrogen-bond donors (Lipinski definition) is 2. The van der Waals surface area contributed by atoms with Gasteiger partial charge in [0, 0.05) is 5.92 Å². The molecule has 2 heterocycles. The fourth-order valence-corrected chi connectivity index (χ4v) is 7.83. The molecule has 2 saturated carbocycles. The van der Waals surface area contributed by atoms with Crippen molar-refractivity contribution >= 4 is 0 Å². The van der Waals surface area contributed by atoms with Crippen LogP contribution < -0.4 is 0 Å². The summed E-state index contributed by atoms with van der Waals surface area (Å²) in [5, 5.41) is 21.6. The first-order valence-corrected chi connectivity index (χ1v) is 17.3. The second-order valence-electron chi connectivity index (χ2n) is 13.5. The summed E-state index contributed by atoms with van der Waals surface area (Å²) < 4.78 is 32.2. The van der Waals surface area contributed by atoms with Gasteiger partial charge < -0.3 is 33.9 Å². The highest BCUT2D eigenvalue weighted by molar-refractivity contribution is 5.21. The third-order valence-corrected chi connectivity index (χ3v) is 10.4. The van der Waals surface area contributed by atoms with Crippen molar-refractivity contribution in [3.63, 3.8) is 0 Å². The second kappa shape index (κ2) is 14.8. The van der Waals surface area contributed by atoms with Gasteiger partial charge in [-0.25, -0.2) is 0 Å². The second-order valence-corrected chi connectivity index (χ2v) is 13.5. The van der Waals surface area contributed by atoms with Crippen LogP contribution in [0.25, 0.3) is 0 Å². The quantitative estimate of drug-likeness (QED) is 0.126. The molecule has 2 aromatic carbocycles. The van der Waals surface area contributed by atoms with Gasteiger partial charge in [-0.2, -0.15) is 0 Å². The normalized spacial score (nSPS) is 36.1. The first kappa shape index (κ1) is 32.8. The van der Waals surface area contributed by atoms with Crippen LogP contribution >= 0.6 is 0 Å². The molecule has 0 spiro atoms. The van der Waals surface area contributed by atoms with Crippen LogP contribution in [0, 0.1) is 17.8 Å². The molecule has 2 saturated heterocycles. The SMILES string of the molecule is C=CCCCCCCCCCC1C2C(OCc3ccccc3)C(COC3C4C(O)C(CC)OC34O)OC12OCc1ccccc1. The highest BCUT2D eigenvalue weighted by atomic mass is 16.7. The van der Waals surface area contributed by atoms with E-state index in [0.717, 1.165) is 30.4 Å². The Balaban J connectivity index is 1.10. The molecule has 2 aliphatic heterocycles. The minimum atomic E-state index is -1.42. The number of rotatable bonds is 20. The van der Waals surface area contributed by atoms with Crippen LogP contribution in [0.2, 0.25) is 0 Å². The first-order valence-electron chi connectivity index (χ1n) is 17.3. The van der Waals surface area contributed by atoms with Crippen molar-refractivity contribution in [3.05, 3.63) is 84.4 Å². The van der Waals surface area contributed by atoms with Gasteiger partial charge in [-0.15, -0.1) is 6.58 Å². The molecule has 0 amide bonds. The zero-order chi connectivity index (χ0) is 31.3. The summed E-state index contributed by atoms with van der Waals surface area (Å²) in [6.07, 6.45) is 11.3. The molecule has 0 bridgehead atoms. The van der Waals surface area contributed by atoms with Crippen molar-refractivity contribution in [1.82, 2.24) is 0 Å². The molecule has 246 valence electrons. The van der Waals surface area contributed by atoms with Crippen LogP contribution in [0.4, 0.5) is 0 Å². The van der Waals surface area contributed by atoms with E-state index in [-0.39, 0.29) is 36.8 Å². The van der Waals surface area contributed by atoms with Crippen LogP contribution in [0.5, 0.6) is 0 Å². The van der Waals surface area contributed by atoms with E-state index < -0.39 is 29.7 Å². The summed E-state index contributed by atoms with van der Waals surface area (Å²) in [5.74, 6) is -2.20. The van der Waals surface area contributed by atoms with E-state index in [0.29, 0.717) is 19.6 Å². The maximum Gasteiger partial charge on any atom is 0.201 e. The Labute approximate surface area is 268 Å². The zero-order valence-electron chi connectivity index (χ0n) is 26.8. The molecule has 4 aliphatic rings. The topological polar surface area (TPSA) is 86.6 Å². The molecule has 45 heavy (non-hydrogen) atoms. The van der Waals surface area contributed by atoms with E-state index in [9.17, 15) is 10.2 Å². The molecule has 0 aromatic heterocycles. The van der Waals surface area contributed by atoms with E-state index in [1.807, 2.05) is 49.4 Å². The van der Waals surface area contributed by atoms with Crippen LogP contribution in [0.15, 0.2) is 73.3 Å². The van der Waals surface area contributed by atoms with Crippen molar-refractivity contribution in [3.8, 4) is 0 Å². The number of allylic oxidation sites excluding steroid dienone is 1. The lowest BCUT2D eigenvalue weighted by Gasteiger charge is -2.27. The summed E-state index contributed by atoms with van der Waals surface area (Å²) >= 11 is 0. The van der Waals surface area contributed by atoms with Gasteiger partial charge in [-0.1, -0.05) is 112 Å². The maximum absolute atomic E-state index is 11.0. The molecule has 10 unspecified atom stereocenters. The number of benzene rings is 2. The van der Waals surface area contributed by atoms with Gasteiger partial charge in [0.15, 0.2) is 5.79 Å². The third kappa shape index (κ3) is 7.10. The molecular formula is C38H52O7. The van der Waals surface area contributed by atoms with E-state index >= 15 is 0 Å². The smallest absolute Gasteiger partial charge is 0.201 e. The fraction of sp³-hybridized carbons (Fsp3) is 0.632. The van der Waals surface area contributed by atoms with Gasteiger partial charge in [0.2, 0.25) is 5.79 Å². The van der Waals surface area contributed by atoms with Crippen LogP contribution in [-0.4, -0.2) is 58.9 Å².